The van der Waals surface area contributed by atoms with Gasteiger partial charge in [-0.05, 0) is 50.5 Å². The number of benzene rings is 1. The Morgan fingerprint density at radius 1 is 1.26 bits per heavy atom. The monoisotopic (exact) mass is 372 g/mol. The number of carbonyl (C=O) groups is 2. The van der Waals surface area contributed by atoms with Gasteiger partial charge in [0.1, 0.15) is 11.8 Å². The van der Waals surface area contributed by atoms with Gasteiger partial charge in [-0.15, -0.1) is 0 Å². The van der Waals surface area contributed by atoms with Gasteiger partial charge in [0, 0.05) is 6.04 Å². The lowest BCUT2D eigenvalue weighted by Crippen LogP contribution is -2.57. The first kappa shape index (κ1) is 19.9. The number of rotatable bonds is 5. The Hall–Kier alpha value is -1.88. The van der Waals surface area contributed by atoms with Gasteiger partial charge in [-0.1, -0.05) is 44.2 Å². The molecule has 1 aromatic carbocycles. The van der Waals surface area contributed by atoms with Crippen molar-refractivity contribution in [3.8, 4) is 0 Å². The third kappa shape index (κ3) is 4.34. The maximum absolute atomic E-state index is 13.3. The lowest BCUT2D eigenvalue weighted by atomic mass is 9.83. The summed E-state index contributed by atoms with van der Waals surface area (Å²) in [5.41, 5.74) is 0.352. The Bertz CT molecular complexity index is 653. The minimum Gasteiger partial charge on any atom is -0.353 e. The van der Waals surface area contributed by atoms with Crippen LogP contribution in [0.2, 0.25) is 0 Å². The van der Waals surface area contributed by atoms with Crippen molar-refractivity contribution in [1.82, 2.24) is 10.2 Å². The average molecular weight is 373 g/mol. The van der Waals surface area contributed by atoms with Gasteiger partial charge in [-0.3, -0.25) is 14.5 Å². The van der Waals surface area contributed by atoms with Crippen LogP contribution in [0.4, 0.5) is 0 Å². The standard InChI is InChI=1S/C22H32N2O3/c1-4-17(3)23-21(26)19-15-27-22(12-10-16(2)11-13-22)24(19)20(25)14-18-8-6-5-7-9-18/h5-9,16-17,19H,4,10-15H2,1-3H3,(H,23,26)/t16?,17-,19+,22?/m0/s1. The van der Waals surface area contributed by atoms with E-state index in [4.69, 9.17) is 4.74 Å². The maximum atomic E-state index is 13.3. The van der Waals surface area contributed by atoms with Crippen LogP contribution in [0.15, 0.2) is 30.3 Å². The summed E-state index contributed by atoms with van der Waals surface area (Å²) in [6.45, 7) is 6.56. The van der Waals surface area contributed by atoms with Crippen molar-refractivity contribution in [3.05, 3.63) is 35.9 Å². The Morgan fingerprint density at radius 3 is 2.56 bits per heavy atom. The molecule has 5 nitrogen and oxygen atoms in total. The molecule has 2 atom stereocenters. The molecule has 148 valence electrons. The number of ether oxygens (including phenoxy) is 1. The van der Waals surface area contributed by atoms with Gasteiger partial charge in [0.2, 0.25) is 11.8 Å². The highest BCUT2D eigenvalue weighted by Gasteiger charge is 2.53. The number of amides is 2. The second-order valence-electron chi connectivity index (χ2n) is 8.20. The van der Waals surface area contributed by atoms with Crippen molar-refractivity contribution in [2.75, 3.05) is 6.61 Å². The molecule has 2 fully saturated rings. The number of nitrogens with one attached hydrogen (secondary N) is 1. The van der Waals surface area contributed by atoms with E-state index < -0.39 is 11.8 Å². The molecule has 1 aliphatic carbocycles. The lowest BCUT2D eigenvalue weighted by Gasteiger charge is -2.43. The molecule has 1 spiro atoms. The second-order valence-corrected chi connectivity index (χ2v) is 8.20. The van der Waals surface area contributed by atoms with Crippen LogP contribution in [0.25, 0.3) is 0 Å². The predicted octanol–water partition coefficient (Wildman–Crippen LogP) is 3.28. The zero-order valence-electron chi connectivity index (χ0n) is 16.7. The summed E-state index contributed by atoms with van der Waals surface area (Å²) < 4.78 is 6.19. The molecule has 1 aliphatic heterocycles. The van der Waals surface area contributed by atoms with E-state index in [1.807, 2.05) is 44.2 Å². The Labute approximate surface area is 162 Å². The summed E-state index contributed by atoms with van der Waals surface area (Å²) in [6.07, 6.45) is 4.82. The SMILES string of the molecule is CC[C@H](C)NC(=O)[C@H]1COC2(CCC(C)CC2)N1C(=O)Cc1ccccc1. The topological polar surface area (TPSA) is 58.6 Å². The van der Waals surface area contributed by atoms with E-state index >= 15 is 0 Å². The Morgan fingerprint density at radius 2 is 1.93 bits per heavy atom. The van der Waals surface area contributed by atoms with Crippen LogP contribution in [0, 0.1) is 5.92 Å². The molecule has 1 saturated carbocycles. The van der Waals surface area contributed by atoms with Crippen LogP contribution < -0.4 is 5.32 Å². The molecule has 1 heterocycles. The molecule has 0 radical (unpaired) electrons. The van der Waals surface area contributed by atoms with Crippen LogP contribution in [0.5, 0.6) is 0 Å². The highest BCUT2D eigenvalue weighted by atomic mass is 16.5. The summed E-state index contributed by atoms with van der Waals surface area (Å²) in [4.78, 5) is 28.0. The van der Waals surface area contributed by atoms with Gasteiger partial charge in [0.15, 0.2) is 0 Å². The minimum absolute atomic E-state index is 0.0162. The van der Waals surface area contributed by atoms with Crippen molar-refractivity contribution in [1.29, 1.82) is 0 Å². The fourth-order valence-electron chi connectivity index (χ4n) is 4.15. The van der Waals surface area contributed by atoms with E-state index in [1.165, 1.54) is 0 Å². The van der Waals surface area contributed by atoms with Crippen LogP contribution in [0.3, 0.4) is 0 Å². The molecule has 1 aromatic rings. The molecule has 0 bridgehead atoms. The summed E-state index contributed by atoms with van der Waals surface area (Å²) in [5.74, 6) is 0.525. The van der Waals surface area contributed by atoms with Crippen molar-refractivity contribution < 1.29 is 14.3 Å². The number of hydrogen-bond acceptors (Lipinski definition) is 3. The summed E-state index contributed by atoms with van der Waals surface area (Å²) in [5, 5.41) is 3.04. The van der Waals surface area contributed by atoms with E-state index in [0.717, 1.165) is 37.7 Å². The van der Waals surface area contributed by atoms with Crippen LogP contribution in [-0.4, -0.2) is 41.1 Å². The first-order valence-electron chi connectivity index (χ1n) is 10.3. The fourth-order valence-corrected chi connectivity index (χ4v) is 4.15. The van der Waals surface area contributed by atoms with E-state index in [-0.39, 0.29) is 24.5 Å². The van der Waals surface area contributed by atoms with Crippen molar-refractivity contribution in [2.45, 2.75) is 77.1 Å². The lowest BCUT2D eigenvalue weighted by molar-refractivity contribution is -0.161. The molecular weight excluding hydrogens is 340 g/mol. The predicted molar refractivity (Wildman–Crippen MR) is 105 cm³/mol. The van der Waals surface area contributed by atoms with Crippen LogP contribution >= 0.6 is 0 Å². The third-order valence-electron chi connectivity index (χ3n) is 6.09. The molecule has 3 rings (SSSR count). The first-order valence-corrected chi connectivity index (χ1v) is 10.3. The average Bonchev–Trinajstić information content (AvgIpc) is 3.04. The Kier molecular flexibility index (Phi) is 6.20. The normalized spacial score (nSPS) is 28.9. The van der Waals surface area contributed by atoms with Crippen LogP contribution in [-0.2, 0) is 20.7 Å². The third-order valence-corrected chi connectivity index (χ3v) is 6.09. The molecule has 1 saturated heterocycles. The zero-order chi connectivity index (χ0) is 19.4. The summed E-state index contributed by atoms with van der Waals surface area (Å²) in [6, 6.07) is 9.29. The largest absolute Gasteiger partial charge is 0.353 e. The van der Waals surface area contributed by atoms with E-state index in [1.54, 1.807) is 4.90 Å². The maximum Gasteiger partial charge on any atom is 0.245 e. The molecular formula is C22H32N2O3. The summed E-state index contributed by atoms with van der Waals surface area (Å²) >= 11 is 0. The molecule has 1 N–H and O–H groups in total. The quantitative estimate of drug-likeness (QED) is 0.863. The van der Waals surface area contributed by atoms with Crippen molar-refractivity contribution >= 4 is 11.8 Å². The van der Waals surface area contributed by atoms with Crippen LogP contribution in [0.1, 0.15) is 58.4 Å². The van der Waals surface area contributed by atoms with E-state index in [9.17, 15) is 9.59 Å². The van der Waals surface area contributed by atoms with Gasteiger partial charge in [0.05, 0.1) is 13.0 Å². The molecule has 27 heavy (non-hydrogen) atoms. The van der Waals surface area contributed by atoms with Gasteiger partial charge < -0.3 is 10.1 Å². The first-order chi connectivity index (χ1) is 12.9. The number of nitrogens with zero attached hydrogens (tertiary/aromatic N) is 1. The Balaban J connectivity index is 1.83. The minimum atomic E-state index is -0.615. The zero-order valence-corrected chi connectivity index (χ0v) is 16.7. The molecule has 5 heteroatoms. The van der Waals surface area contributed by atoms with Gasteiger partial charge in [-0.25, -0.2) is 0 Å². The smallest absolute Gasteiger partial charge is 0.245 e. The highest BCUT2D eigenvalue weighted by molar-refractivity contribution is 5.89. The molecule has 2 aliphatic rings. The number of carbonyl (C=O) groups excluding carboxylic acids is 2. The fraction of sp³-hybridized carbons (Fsp3) is 0.636. The van der Waals surface area contributed by atoms with Gasteiger partial charge in [-0.2, -0.15) is 0 Å². The van der Waals surface area contributed by atoms with Gasteiger partial charge >= 0.3 is 0 Å². The van der Waals surface area contributed by atoms with Crippen molar-refractivity contribution in [3.63, 3.8) is 0 Å². The molecule has 0 unspecified atom stereocenters. The molecule has 2 amide bonds. The highest BCUT2D eigenvalue weighted by Crippen LogP contribution is 2.42. The molecule has 0 aromatic heterocycles. The van der Waals surface area contributed by atoms with E-state index in [2.05, 4.69) is 12.2 Å². The number of hydrogen-bond donors (Lipinski definition) is 1. The van der Waals surface area contributed by atoms with Crippen molar-refractivity contribution in [2.24, 2.45) is 5.92 Å². The van der Waals surface area contributed by atoms with Gasteiger partial charge in [0.25, 0.3) is 0 Å². The second kappa shape index (κ2) is 8.42. The van der Waals surface area contributed by atoms with E-state index in [0.29, 0.717) is 12.3 Å². The summed E-state index contributed by atoms with van der Waals surface area (Å²) in [7, 11) is 0.